The van der Waals surface area contributed by atoms with Crippen LogP contribution < -0.4 is 0 Å². The fourth-order valence-corrected chi connectivity index (χ4v) is 1.00. The van der Waals surface area contributed by atoms with E-state index in [9.17, 15) is 0 Å². The van der Waals surface area contributed by atoms with Crippen LogP contribution in [-0.4, -0.2) is 24.4 Å². The lowest BCUT2D eigenvalue weighted by Gasteiger charge is -2.08. The van der Waals surface area contributed by atoms with Crippen molar-refractivity contribution in [1.29, 1.82) is 0 Å². The second kappa shape index (κ2) is 2.99. The molecular formula is C7H12O2. The van der Waals surface area contributed by atoms with Crippen molar-refractivity contribution in [3.8, 4) is 0 Å². The van der Waals surface area contributed by atoms with Gasteiger partial charge in [0, 0.05) is 6.61 Å². The first kappa shape index (κ1) is 6.78. The average Bonchev–Trinajstić information content (AvgIpc) is 2.37. The molecule has 1 atom stereocenters. The Labute approximate surface area is 55.1 Å². The maximum atomic E-state index is 8.62. The molecule has 0 amide bonds. The summed E-state index contributed by atoms with van der Waals surface area (Å²) in [6, 6.07) is 0. The summed E-state index contributed by atoms with van der Waals surface area (Å²) in [6.07, 6.45) is 2.26. The van der Waals surface area contributed by atoms with Gasteiger partial charge in [-0.05, 0) is 18.4 Å². The maximum absolute atomic E-state index is 8.62. The molecule has 1 saturated heterocycles. The summed E-state index contributed by atoms with van der Waals surface area (Å²) < 4.78 is 5.25. The van der Waals surface area contributed by atoms with E-state index in [2.05, 4.69) is 6.58 Å². The first-order chi connectivity index (χ1) is 4.34. The third-order valence-electron chi connectivity index (χ3n) is 1.59. The molecular weight excluding hydrogens is 116 g/mol. The molecule has 1 N–H and O–H groups in total. The lowest BCUT2D eigenvalue weighted by Crippen LogP contribution is -2.10. The molecule has 2 nitrogen and oxygen atoms in total. The molecule has 1 aliphatic rings. The first-order valence-corrected chi connectivity index (χ1v) is 3.24. The maximum Gasteiger partial charge on any atom is 0.0805 e. The molecule has 1 fully saturated rings. The molecule has 2 heteroatoms. The van der Waals surface area contributed by atoms with Crippen LogP contribution in [0.2, 0.25) is 0 Å². The largest absolute Gasteiger partial charge is 0.392 e. The van der Waals surface area contributed by atoms with Crippen molar-refractivity contribution >= 4 is 0 Å². The SMILES string of the molecule is C=C(CO)C1CCCO1. The Morgan fingerprint density at radius 1 is 1.78 bits per heavy atom. The van der Waals surface area contributed by atoms with E-state index in [1.165, 1.54) is 0 Å². The van der Waals surface area contributed by atoms with Crippen LogP contribution in [0.5, 0.6) is 0 Å². The van der Waals surface area contributed by atoms with Crippen molar-refractivity contribution in [2.75, 3.05) is 13.2 Å². The number of hydrogen-bond acceptors (Lipinski definition) is 2. The summed E-state index contributed by atoms with van der Waals surface area (Å²) in [5.41, 5.74) is 0.812. The summed E-state index contributed by atoms with van der Waals surface area (Å²) in [7, 11) is 0. The van der Waals surface area contributed by atoms with E-state index in [0.29, 0.717) is 0 Å². The van der Waals surface area contributed by atoms with Crippen LogP contribution in [0.15, 0.2) is 12.2 Å². The van der Waals surface area contributed by atoms with Crippen LogP contribution in [0.1, 0.15) is 12.8 Å². The van der Waals surface area contributed by atoms with Gasteiger partial charge in [-0.25, -0.2) is 0 Å². The van der Waals surface area contributed by atoms with E-state index in [0.717, 1.165) is 25.0 Å². The van der Waals surface area contributed by atoms with Crippen LogP contribution in [0.4, 0.5) is 0 Å². The van der Waals surface area contributed by atoms with Gasteiger partial charge in [-0.2, -0.15) is 0 Å². The zero-order chi connectivity index (χ0) is 6.69. The Morgan fingerprint density at radius 2 is 2.56 bits per heavy atom. The van der Waals surface area contributed by atoms with Crippen molar-refractivity contribution in [2.45, 2.75) is 18.9 Å². The normalized spacial score (nSPS) is 26.6. The quantitative estimate of drug-likeness (QED) is 0.555. The van der Waals surface area contributed by atoms with Crippen molar-refractivity contribution in [3.63, 3.8) is 0 Å². The molecule has 0 spiro atoms. The van der Waals surface area contributed by atoms with Gasteiger partial charge in [-0.3, -0.25) is 0 Å². The number of aliphatic hydroxyl groups is 1. The summed E-state index contributed by atoms with van der Waals surface area (Å²) in [5.74, 6) is 0. The number of rotatable bonds is 2. The third-order valence-corrected chi connectivity index (χ3v) is 1.59. The van der Waals surface area contributed by atoms with Gasteiger partial charge in [0.15, 0.2) is 0 Å². The summed E-state index contributed by atoms with van der Waals surface area (Å²) in [5, 5.41) is 8.62. The molecule has 0 aromatic rings. The van der Waals surface area contributed by atoms with Crippen LogP contribution in [0.3, 0.4) is 0 Å². The first-order valence-electron chi connectivity index (χ1n) is 3.24. The van der Waals surface area contributed by atoms with Crippen molar-refractivity contribution in [2.24, 2.45) is 0 Å². The van der Waals surface area contributed by atoms with E-state index in [-0.39, 0.29) is 12.7 Å². The molecule has 1 unspecified atom stereocenters. The van der Waals surface area contributed by atoms with Crippen LogP contribution in [0, 0.1) is 0 Å². The lowest BCUT2D eigenvalue weighted by atomic mass is 10.1. The highest BCUT2D eigenvalue weighted by Crippen LogP contribution is 2.17. The van der Waals surface area contributed by atoms with Crippen LogP contribution >= 0.6 is 0 Å². The van der Waals surface area contributed by atoms with Gasteiger partial charge in [0.05, 0.1) is 12.7 Å². The molecule has 1 heterocycles. The minimum atomic E-state index is 0.0602. The van der Waals surface area contributed by atoms with Crippen molar-refractivity contribution in [3.05, 3.63) is 12.2 Å². The minimum Gasteiger partial charge on any atom is -0.392 e. The Hall–Kier alpha value is -0.340. The zero-order valence-electron chi connectivity index (χ0n) is 5.47. The predicted molar refractivity (Wildman–Crippen MR) is 35.2 cm³/mol. The lowest BCUT2D eigenvalue weighted by molar-refractivity contribution is 0.126. The van der Waals surface area contributed by atoms with Gasteiger partial charge in [0.1, 0.15) is 0 Å². The highest BCUT2D eigenvalue weighted by Gasteiger charge is 2.17. The predicted octanol–water partition coefficient (Wildman–Crippen LogP) is 0.714. The molecule has 1 aliphatic heterocycles. The van der Waals surface area contributed by atoms with E-state index in [1.54, 1.807) is 0 Å². The second-order valence-electron chi connectivity index (χ2n) is 2.32. The van der Waals surface area contributed by atoms with Gasteiger partial charge in [-0.1, -0.05) is 6.58 Å². The van der Waals surface area contributed by atoms with Gasteiger partial charge >= 0.3 is 0 Å². The van der Waals surface area contributed by atoms with Gasteiger partial charge in [0.25, 0.3) is 0 Å². The molecule has 9 heavy (non-hydrogen) atoms. The Kier molecular flexibility index (Phi) is 2.25. The Morgan fingerprint density at radius 3 is 3.00 bits per heavy atom. The fourth-order valence-electron chi connectivity index (χ4n) is 1.00. The van der Waals surface area contributed by atoms with Gasteiger partial charge in [-0.15, -0.1) is 0 Å². The molecule has 52 valence electrons. The third kappa shape index (κ3) is 1.53. The van der Waals surface area contributed by atoms with Crippen LogP contribution in [0.25, 0.3) is 0 Å². The summed E-state index contributed by atoms with van der Waals surface area (Å²) in [4.78, 5) is 0. The number of ether oxygens (including phenoxy) is 1. The van der Waals surface area contributed by atoms with Gasteiger partial charge < -0.3 is 9.84 Å². The molecule has 0 saturated carbocycles. The molecule has 0 aromatic carbocycles. The Balaban J connectivity index is 2.32. The van der Waals surface area contributed by atoms with E-state index in [1.807, 2.05) is 0 Å². The number of hydrogen-bond donors (Lipinski definition) is 1. The molecule has 0 bridgehead atoms. The molecule has 0 radical (unpaired) electrons. The molecule has 0 aliphatic carbocycles. The van der Waals surface area contributed by atoms with Crippen molar-refractivity contribution in [1.82, 2.24) is 0 Å². The summed E-state index contributed by atoms with van der Waals surface area (Å²) >= 11 is 0. The molecule has 0 aromatic heterocycles. The highest BCUT2D eigenvalue weighted by atomic mass is 16.5. The average molecular weight is 128 g/mol. The number of aliphatic hydroxyl groups excluding tert-OH is 1. The van der Waals surface area contributed by atoms with Crippen LogP contribution in [-0.2, 0) is 4.74 Å². The standard InChI is InChI=1S/C7H12O2/c1-6(5-8)7-3-2-4-9-7/h7-8H,1-5H2. The smallest absolute Gasteiger partial charge is 0.0805 e. The van der Waals surface area contributed by atoms with Gasteiger partial charge in [0.2, 0.25) is 0 Å². The monoisotopic (exact) mass is 128 g/mol. The molecule has 1 rings (SSSR count). The van der Waals surface area contributed by atoms with E-state index >= 15 is 0 Å². The highest BCUT2D eigenvalue weighted by molar-refractivity contribution is 5.03. The van der Waals surface area contributed by atoms with E-state index in [4.69, 9.17) is 9.84 Å². The zero-order valence-corrected chi connectivity index (χ0v) is 5.47. The Bertz CT molecular complexity index is 103. The summed E-state index contributed by atoms with van der Waals surface area (Å²) in [6.45, 7) is 4.56. The topological polar surface area (TPSA) is 29.5 Å². The van der Waals surface area contributed by atoms with Crippen molar-refractivity contribution < 1.29 is 9.84 Å². The van der Waals surface area contributed by atoms with E-state index < -0.39 is 0 Å². The fraction of sp³-hybridized carbons (Fsp3) is 0.714. The minimum absolute atomic E-state index is 0.0602. The second-order valence-corrected chi connectivity index (χ2v) is 2.32.